The summed E-state index contributed by atoms with van der Waals surface area (Å²) < 4.78 is 5.28. The molecule has 0 aromatic rings. The molecule has 0 aromatic carbocycles. The van der Waals surface area contributed by atoms with Crippen molar-refractivity contribution in [3.05, 3.63) is 0 Å². The molecule has 12 heavy (non-hydrogen) atoms. The van der Waals surface area contributed by atoms with Gasteiger partial charge in [0.05, 0.1) is 6.10 Å². The van der Waals surface area contributed by atoms with Gasteiger partial charge in [-0.05, 0) is 31.1 Å². The zero-order valence-electron chi connectivity index (χ0n) is 8.12. The van der Waals surface area contributed by atoms with Crippen LogP contribution in [-0.2, 0) is 4.74 Å². The number of aliphatic hydroxyl groups excluding tert-OH is 1. The van der Waals surface area contributed by atoms with Crippen LogP contribution in [0.1, 0.15) is 33.1 Å². The van der Waals surface area contributed by atoms with Crippen molar-refractivity contribution in [1.29, 1.82) is 0 Å². The van der Waals surface area contributed by atoms with Crippen molar-refractivity contribution in [2.75, 3.05) is 13.2 Å². The molecule has 0 radical (unpaired) electrons. The third-order valence-electron chi connectivity index (χ3n) is 3.03. The van der Waals surface area contributed by atoms with E-state index in [1.165, 1.54) is 0 Å². The molecule has 1 rings (SSSR count). The number of hydrogen-bond acceptors (Lipinski definition) is 2. The molecule has 72 valence electrons. The normalized spacial score (nSPS) is 25.2. The quantitative estimate of drug-likeness (QED) is 0.703. The molecule has 2 nitrogen and oxygen atoms in total. The van der Waals surface area contributed by atoms with Gasteiger partial charge in [0.1, 0.15) is 0 Å². The molecular weight excluding hydrogens is 152 g/mol. The molecule has 0 saturated carbocycles. The van der Waals surface area contributed by atoms with Gasteiger partial charge in [-0.2, -0.15) is 0 Å². The Morgan fingerprint density at radius 2 is 2.00 bits per heavy atom. The summed E-state index contributed by atoms with van der Waals surface area (Å²) in [6.07, 6.45) is 3.00. The molecule has 1 fully saturated rings. The summed E-state index contributed by atoms with van der Waals surface area (Å²) in [5, 5.41) is 9.64. The van der Waals surface area contributed by atoms with Crippen molar-refractivity contribution >= 4 is 0 Å². The van der Waals surface area contributed by atoms with Gasteiger partial charge in [0.25, 0.3) is 0 Å². The van der Waals surface area contributed by atoms with Crippen LogP contribution < -0.4 is 0 Å². The second kappa shape index (κ2) is 4.83. The van der Waals surface area contributed by atoms with Gasteiger partial charge in [-0.25, -0.2) is 0 Å². The fourth-order valence-electron chi connectivity index (χ4n) is 1.93. The first-order valence-electron chi connectivity index (χ1n) is 5.01. The van der Waals surface area contributed by atoms with Gasteiger partial charge in [-0.1, -0.05) is 13.8 Å². The molecule has 1 aliphatic rings. The first-order valence-corrected chi connectivity index (χ1v) is 5.01. The molecule has 1 heterocycles. The third kappa shape index (κ3) is 2.46. The van der Waals surface area contributed by atoms with Gasteiger partial charge in [0.15, 0.2) is 0 Å². The standard InChI is InChI=1S/C10H20O2/c1-3-10(11)8(2)9-4-6-12-7-5-9/h8-11H,3-7H2,1-2H3. The average Bonchev–Trinajstić information content (AvgIpc) is 2.17. The molecule has 0 bridgehead atoms. The minimum absolute atomic E-state index is 0.118. The van der Waals surface area contributed by atoms with Crippen molar-refractivity contribution < 1.29 is 9.84 Å². The monoisotopic (exact) mass is 172 g/mol. The maximum atomic E-state index is 9.64. The maximum Gasteiger partial charge on any atom is 0.0565 e. The zero-order valence-corrected chi connectivity index (χ0v) is 8.12. The van der Waals surface area contributed by atoms with Gasteiger partial charge < -0.3 is 9.84 Å². The van der Waals surface area contributed by atoms with E-state index in [1.54, 1.807) is 0 Å². The van der Waals surface area contributed by atoms with Gasteiger partial charge in [-0.15, -0.1) is 0 Å². The topological polar surface area (TPSA) is 29.5 Å². The van der Waals surface area contributed by atoms with Crippen LogP contribution >= 0.6 is 0 Å². The van der Waals surface area contributed by atoms with E-state index in [9.17, 15) is 5.11 Å². The number of aliphatic hydroxyl groups is 1. The van der Waals surface area contributed by atoms with Crippen molar-refractivity contribution in [2.45, 2.75) is 39.2 Å². The average molecular weight is 172 g/mol. The Kier molecular flexibility index (Phi) is 4.02. The Morgan fingerprint density at radius 3 is 2.50 bits per heavy atom. The molecule has 2 atom stereocenters. The van der Waals surface area contributed by atoms with E-state index < -0.39 is 0 Å². The molecule has 1 aliphatic heterocycles. The number of hydrogen-bond donors (Lipinski definition) is 1. The van der Waals surface area contributed by atoms with Crippen LogP contribution in [0.5, 0.6) is 0 Å². The molecule has 1 saturated heterocycles. The molecular formula is C10H20O2. The maximum absolute atomic E-state index is 9.64. The summed E-state index contributed by atoms with van der Waals surface area (Å²) in [4.78, 5) is 0. The van der Waals surface area contributed by atoms with Crippen LogP contribution in [0.3, 0.4) is 0 Å². The highest BCUT2D eigenvalue weighted by Crippen LogP contribution is 2.26. The molecule has 1 N–H and O–H groups in total. The van der Waals surface area contributed by atoms with E-state index in [0.717, 1.165) is 32.5 Å². The van der Waals surface area contributed by atoms with Gasteiger partial charge >= 0.3 is 0 Å². The van der Waals surface area contributed by atoms with E-state index in [2.05, 4.69) is 6.92 Å². The van der Waals surface area contributed by atoms with Gasteiger partial charge in [-0.3, -0.25) is 0 Å². The number of rotatable bonds is 3. The summed E-state index contributed by atoms with van der Waals surface area (Å²) in [6.45, 7) is 5.96. The smallest absolute Gasteiger partial charge is 0.0565 e. The number of ether oxygens (including phenoxy) is 1. The molecule has 0 aromatic heterocycles. The Hall–Kier alpha value is -0.0800. The van der Waals surface area contributed by atoms with Gasteiger partial charge in [0.2, 0.25) is 0 Å². The highest BCUT2D eigenvalue weighted by atomic mass is 16.5. The SMILES string of the molecule is CCC(O)C(C)C1CCOCC1. The van der Waals surface area contributed by atoms with Crippen LogP contribution in [0, 0.1) is 11.8 Å². The lowest BCUT2D eigenvalue weighted by atomic mass is 9.83. The predicted molar refractivity (Wildman–Crippen MR) is 49.0 cm³/mol. The second-order valence-electron chi connectivity index (χ2n) is 3.78. The second-order valence-corrected chi connectivity index (χ2v) is 3.78. The Bertz CT molecular complexity index is 119. The molecule has 0 spiro atoms. The van der Waals surface area contributed by atoms with Crippen LogP contribution in [0.25, 0.3) is 0 Å². The summed E-state index contributed by atoms with van der Waals surface area (Å²) in [5.41, 5.74) is 0. The first-order chi connectivity index (χ1) is 5.75. The lowest BCUT2D eigenvalue weighted by molar-refractivity contribution is 0.00976. The van der Waals surface area contributed by atoms with Crippen molar-refractivity contribution in [3.63, 3.8) is 0 Å². The fraction of sp³-hybridized carbons (Fsp3) is 1.00. The summed E-state index contributed by atoms with van der Waals surface area (Å²) in [7, 11) is 0. The lowest BCUT2D eigenvalue weighted by Gasteiger charge is -2.30. The van der Waals surface area contributed by atoms with Crippen LogP contribution in [0.4, 0.5) is 0 Å². The summed E-state index contributed by atoms with van der Waals surface area (Å²) >= 11 is 0. The minimum Gasteiger partial charge on any atom is -0.393 e. The molecule has 2 heteroatoms. The highest BCUT2D eigenvalue weighted by molar-refractivity contribution is 4.74. The highest BCUT2D eigenvalue weighted by Gasteiger charge is 2.24. The lowest BCUT2D eigenvalue weighted by Crippen LogP contribution is -2.29. The van der Waals surface area contributed by atoms with E-state index >= 15 is 0 Å². The van der Waals surface area contributed by atoms with Crippen molar-refractivity contribution in [3.8, 4) is 0 Å². The molecule has 0 amide bonds. The predicted octanol–water partition coefficient (Wildman–Crippen LogP) is 1.82. The molecule has 0 aliphatic carbocycles. The van der Waals surface area contributed by atoms with E-state index in [0.29, 0.717) is 11.8 Å². The minimum atomic E-state index is -0.118. The van der Waals surface area contributed by atoms with Gasteiger partial charge in [0, 0.05) is 13.2 Å². The van der Waals surface area contributed by atoms with E-state index in [1.807, 2.05) is 6.92 Å². The van der Waals surface area contributed by atoms with E-state index in [4.69, 9.17) is 4.74 Å². The van der Waals surface area contributed by atoms with Crippen molar-refractivity contribution in [2.24, 2.45) is 11.8 Å². The Labute approximate surface area is 74.9 Å². The Balaban J connectivity index is 2.33. The largest absolute Gasteiger partial charge is 0.393 e. The molecule has 2 unspecified atom stereocenters. The zero-order chi connectivity index (χ0) is 8.97. The fourth-order valence-corrected chi connectivity index (χ4v) is 1.93. The Morgan fingerprint density at radius 1 is 1.42 bits per heavy atom. The van der Waals surface area contributed by atoms with Crippen molar-refractivity contribution in [1.82, 2.24) is 0 Å². The summed E-state index contributed by atoms with van der Waals surface area (Å²) in [5.74, 6) is 1.12. The first kappa shape index (κ1) is 10.0. The van der Waals surface area contributed by atoms with Crippen LogP contribution in [-0.4, -0.2) is 24.4 Å². The summed E-state index contributed by atoms with van der Waals surface area (Å²) in [6, 6.07) is 0. The third-order valence-corrected chi connectivity index (χ3v) is 3.03. The van der Waals surface area contributed by atoms with E-state index in [-0.39, 0.29) is 6.10 Å². The van der Waals surface area contributed by atoms with Crippen LogP contribution in [0.15, 0.2) is 0 Å². The van der Waals surface area contributed by atoms with Crippen LogP contribution in [0.2, 0.25) is 0 Å².